The van der Waals surface area contributed by atoms with E-state index in [4.69, 9.17) is 4.99 Å². The van der Waals surface area contributed by atoms with Gasteiger partial charge in [0.15, 0.2) is 5.96 Å². The molecule has 25 heavy (non-hydrogen) atoms. The van der Waals surface area contributed by atoms with Gasteiger partial charge in [0, 0.05) is 38.3 Å². The third kappa shape index (κ3) is 4.33. The number of carbonyl (C=O) groups is 1. The molecule has 0 radical (unpaired) electrons. The topological polar surface area (TPSA) is 47.9 Å². The standard InChI is InChI=1S/C20H30N4O/c1-4-21-19(23-13-11-20(2,3)15-23)22-14-16-7-9-17(10-8-16)24-12-5-6-18(24)25/h7-10H,4-6,11-15H2,1-3H3,(H,21,22). The normalized spacial score (nSPS) is 20.4. The van der Waals surface area contributed by atoms with Crippen LogP contribution < -0.4 is 10.2 Å². The Kier molecular flexibility index (Phi) is 5.30. The number of hydrogen-bond acceptors (Lipinski definition) is 2. The van der Waals surface area contributed by atoms with Crippen molar-refractivity contribution in [1.29, 1.82) is 0 Å². The van der Waals surface area contributed by atoms with Gasteiger partial charge in [-0.25, -0.2) is 4.99 Å². The van der Waals surface area contributed by atoms with Gasteiger partial charge in [0.25, 0.3) is 0 Å². The van der Waals surface area contributed by atoms with Crippen molar-refractivity contribution in [2.75, 3.05) is 31.1 Å². The van der Waals surface area contributed by atoms with Crippen LogP contribution in [0.3, 0.4) is 0 Å². The molecule has 0 aliphatic carbocycles. The van der Waals surface area contributed by atoms with Crippen LogP contribution in [0.1, 0.15) is 45.6 Å². The third-order valence-electron chi connectivity index (χ3n) is 5.04. The molecule has 1 N–H and O–H groups in total. The van der Waals surface area contributed by atoms with Crippen molar-refractivity contribution < 1.29 is 4.79 Å². The van der Waals surface area contributed by atoms with Gasteiger partial charge < -0.3 is 15.1 Å². The summed E-state index contributed by atoms with van der Waals surface area (Å²) in [5.74, 6) is 1.24. The molecular weight excluding hydrogens is 312 g/mol. The summed E-state index contributed by atoms with van der Waals surface area (Å²) >= 11 is 0. The van der Waals surface area contributed by atoms with Crippen molar-refractivity contribution in [2.45, 2.75) is 46.6 Å². The smallest absolute Gasteiger partial charge is 0.227 e. The number of rotatable bonds is 4. The van der Waals surface area contributed by atoms with Crippen molar-refractivity contribution in [1.82, 2.24) is 10.2 Å². The summed E-state index contributed by atoms with van der Waals surface area (Å²) in [5.41, 5.74) is 2.53. The van der Waals surface area contributed by atoms with Crippen LogP contribution in [0.4, 0.5) is 5.69 Å². The van der Waals surface area contributed by atoms with Crippen LogP contribution >= 0.6 is 0 Å². The Balaban J connectivity index is 1.65. The zero-order valence-electron chi connectivity index (χ0n) is 15.7. The Bertz CT molecular complexity index is 636. The van der Waals surface area contributed by atoms with E-state index in [1.807, 2.05) is 17.0 Å². The molecule has 2 saturated heterocycles. The largest absolute Gasteiger partial charge is 0.357 e. The molecule has 2 fully saturated rings. The molecule has 2 aliphatic heterocycles. The van der Waals surface area contributed by atoms with Crippen LogP contribution in [-0.2, 0) is 11.3 Å². The van der Waals surface area contributed by atoms with Crippen molar-refractivity contribution >= 4 is 17.6 Å². The molecule has 5 nitrogen and oxygen atoms in total. The third-order valence-corrected chi connectivity index (χ3v) is 5.04. The van der Waals surface area contributed by atoms with Gasteiger partial charge in [-0.1, -0.05) is 26.0 Å². The molecule has 2 heterocycles. The zero-order chi connectivity index (χ0) is 17.9. The minimum absolute atomic E-state index is 0.233. The molecule has 0 spiro atoms. The molecule has 136 valence electrons. The predicted octanol–water partition coefficient (Wildman–Crippen LogP) is 3.01. The van der Waals surface area contributed by atoms with Crippen molar-refractivity contribution in [2.24, 2.45) is 10.4 Å². The highest BCUT2D eigenvalue weighted by Gasteiger charge is 2.30. The molecule has 0 aromatic heterocycles. The fraction of sp³-hybridized carbons (Fsp3) is 0.600. The van der Waals surface area contributed by atoms with Crippen LogP contribution in [0, 0.1) is 5.41 Å². The fourth-order valence-corrected chi connectivity index (χ4v) is 3.59. The second-order valence-electron chi connectivity index (χ2n) is 7.82. The van der Waals surface area contributed by atoms with Crippen LogP contribution in [-0.4, -0.2) is 42.9 Å². The van der Waals surface area contributed by atoms with E-state index in [1.54, 1.807) is 0 Å². The highest BCUT2D eigenvalue weighted by Crippen LogP contribution is 2.28. The monoisotopic (exact) mass is 342 g/mol. The van der Waals surface area contributed by atoms with Crippen LogP contribution in [0.2, 0.25) is 0 Å². The molecule has 3 rings (SSSR count). The van der Waals surface area contributed by atoms with E-state index in [9.17, 15) is 4.79 Å². The van der Waals surface area contributed by atoms with E-state index >= 15 is 0 Å². The number of amides is 1. The second-order valence-corrected chi connectivity index (χ2v) is 7.82. The molecule has 0 unspecified atom stereocenters. The lowest BCUT2D eigenvalue weighted by molar-refractivity contribution is -0.117. The summed E-state index contributed by atoms with van der Waals surface area (Å²) < 4.78 is 0. The van der Waals surface area contributed by atoms with Crippen molar-refractivity contribution in [3.05, 3.63) is 29.8 Å². The van der Waals surface area contributed by atoms with Crippen LogP contribution in [0.5, 0.6) is 0 Å². The molecule has 1 aromatic rings. The number of nitrogens with zero attached hydrogens (tertiary/aromatic N) is 3. The first-order chi connectivity index (χ1) is 12.0. The first-order valence-electron chi connectivity index (χ1n) is 9.41. The first-order valence-corrected chi connectivity index (χ1v) is 9.41. The summed E-state index contributed by atoms with van der Waals surface area (Å²) in [5, 5.41) is 3.42. The van der Waals surface area contributed by atoms with Gasteiger partial charge in [0.05, 0.1) is 6.54 Å². The fourth-order valence-electron chi connectivity index (χ4n) is 3.59. The van der Waals surface area contributed by atoms with Crippen LogP contribution in [0.15, 0.2) is 29.3 Å². The Morgan fingerprint density at radius 2 is 2.00 bits per heavy atom. The van der Waals surface area contributed by atoms with Gasteiger partial charge >= 0.3 is 0 Å². The number of anilines is 1. The maximum absolute atomic E-state index is 11.8. The lowest BCUT2D eigenvalue weighted by atomic mass is 9.93. The van der Waals surface area contributed by atoms with E-state index in [-0.39, 0.29) is 5.91 Å². The molecule has 0 atom stereocenters. The summed E-state index contributed by atoms with van der Waals surface area (Å²) in [4.78, 5) is 20.9. The molecule has 0 saturated carbocycles. The Labute approximate surface area is 151 Å². The Morgan fingerprint density at radius 1 is 1.24 bits per heavy atom. The van der Waals surface area contributed by atoms with Gasteiger partial charge in [-0.2, -0.15) is 0 Å². The van der Waals surface area contributed by atoms with Crippen molar-refractivity contribution in [3.63, 3.8) is 0 Å². The molecular formula is C20H30N4O. The van der Waals surface area contributed by atoms with Gasteiger partial charge in [0.1, 0.15) is 0 Å². The van der Waals surface area contributed by atoms with Crippen LogP contribution in [0.25, 0.3) is 0 Å². The number of carbonyl (C=O) groups excluding carboxylic acids is 1. The van der Waals surface area contributed by atoms with Gasteiger partial charge in [0.2, 0.25) is 5.91 Å². The number of benzene rings is 1. The predicted molar refractivity (Wildman–Crippen MR) is 103 cm³/mol. The first kappa shape index (κ1) is 17.8. The average molecular weight is 342 g/mol. The number of guanidine groups is 1. The van der Waals surface area contributed by atoms with Crippen molar-refractivity contribution in [3.8, 4) is 0 Å². The number of hydrogen-bond donors (Lipinski definition) is 1. The molecule has 1 aromatic carbocycles. The summed E-state index contributed by atoms with van der Waals surface area (Å²) in [6.07, 6.45) is 2.84. The quantitative estimate of drug-likeness (QED) is 0.676. The Hall–Kier alpha value is -2.04. The summed E-state index contributed by atoms with van der Waals surface area (Å²) in [6.45, 7) is 11.2. The van der Waals surface area contributed by atoms with Gasteiger partial charge in [-0.3, -0.25) is 4.79 Å². The minimum atomic E-state index is 0.233. The summed E-state index contributed by atoms with van der Waals surface area (Å²) in [6, 6.07) is 8.25. The minimum Gasteiger partial charge on any atom is -0.357 e. The van der Waals surface area contributed by atoms with Gasteiger partial charge in [-0.05, 0) is 42.9 Å². The molecule has 1 amide bonds. The molecule has 0 bridgehead atoms. The lowest BCUT2D eigenvalue weighted by Gasteiger charge is -2.23. The average Bonchev–Trinajstić information content (AvgIpc) is 3.17. The number of nitrogens with one attached hydrogen (secondary N) is 1. The SMILES string of the molecule is CCNC(=NCc1ccc(N2CCCC2=O)cc1)N1CCC(C)(C)C1. The number of aliphatic imine (C=N–C) groups is 1. The highest BCUT2D eigenvalue weighted by molar-refractivity contribution is 5.95. The molecule has 5 heteroatoms. The van der Waals surface area contributed by atoms with E-state index in [1.165, 1.54) is 12.0 Å². The van der Waals surface area contributed by atoms with E-state index in [0.29, 0.717) is 18.4 Å². The van der Waals surface area contributed by atoms with E-state index in [0.717, 1.165) is 44.2 Å². The van der Waals surface area contributed by atoms with E-state index in [2.05, 4.69) is 43.1 Å². The highest BCUT2D eigenvalue weighted by atomic mass is 16.2. The number of likely N-dealkylation sites (tertiary alicyclic amines) is 1. The van der Waals surface area contributed by atoms with E-state index < -0.39 is 0 Å². The molecule has 2 aliphatic rings. The zero-order valence-corrected chi connectivity index (χ0v) is 15.7. The second kappa shape index (κ2) is 7.46. The maximum Gasteiger partial charge on any atom is 0.227 e. The Morgan fingerprint density at radius 3 is 2.56 bits per heavy atom. The maximum atomic E-state index is 11.8. The summed E-state index contributed by atoms with van der Waals surface area (Å²) in [7, 11) is 0. The lowest BCUT2D eigenvalue weighted by Crippen LogP contribution is -2.40. The van der Waals surface area contributed by atoms with Gasteiger partial charge in [-0.15, -0.1) is 0 Å².